The lowest BCUT2D eigenvalue weighted by Gasteiger charge is -2.25. The van der Waals surface area contributed by atoms with Gasteiger partial charge < -0.3 is 14.8 Å². The first-order valence-corrected chi connectivity index (χ1v) is 15.3. The second-order valence-electron chi connectivity index (χ2n) is 9.68. The van der Waals surface area contributed by atoms with Gasteiger partial charge in [0.2, 0.25) is 5.91 Å². The van der Waals surface area contributed by atoms with Crippen molar-refractivity contribution >= 4 is 46.1 Å². The Balaban J connectivity index is 1.23. The maximum absolute atomic E-state index is 12.6. The average Bonchev–Trinajstić information content (AvgIpc) is 3.45. The Labute approximate surface area is 232 Å². The van der Waals surface area contributed by atoms with Crippen LogP contribution in [0.3, 0.4) is 0 Å². The van der Waals surface area contributed by atoms with Crippen molar-refractivity contribution in [2.75, 3.05) is 49.3 Å². The predicted octanol–water partition coefficient (Wildman–Crippen LogP) is 5.08. The molecule has 0 unspecified atom stereocenters. The standard InChI is InChI=1S/C28H34N4O4S2/c1-35-25-11-8-21(16-26(25)36-23-4-2-3-5-23)24-19-38-28(34)32(30-24)17-20-6-9-22(10-7-20)29-27(33)18-31-12-14-37-15-13-31/h6-11,16,23H,2-5,12-15,17-19H2,1H3,(H,29,33). The van der Waals surface area contributed by atoms with Gasteiger partial charge in [-0.3, -0.25) is 14.5 Å². The molecule has 5 rings (SSSR count). The van der Waals surface area contributed by atoms with Crippen LogP contribution in [-0.2, 0) is 11.3 Å². The first-order chi connectivity index (χ1) is 18.6. The van der Waals surface area contributed by atoms with E-state index in [1.165, 1.54) is 29.6 Å². The smallest absolute Gasteiger partial charge is 0.302 e. The maximum atomic E-state index is 12.6. The highest BCUT2D eigenvalue weighted by atomic mass is 32.2. The van der Waals surface area contributed by atoms with Crippen LogP contribution in [0.25, 0.3) is 0 Å². The van der Waals surface area contributed by atoms with Gasteiger partial charge in [0, 0.05) is 41.6 Å². The van der Waals surface area contributed by atoms with Crippen LogP contribution >= 0.6 is 23.5 Å². The van der Waals surface area contributed by atoms with Crippen molar-refractivity contribution in [1.29, 1.82) is 0 Å². The fourth-order valence-corrected chi connectivity index (χ4v) is 6.54. The summed E-state index contributed by atoms with van der Waals surface area (Å²) in [6.07, 6.45) is 4.73. The number of thioether (sulfide) groups is 2. The minimum Gasteiger partial charge on any atom is -0.493 e. The monoisotopic (exact) mass is 554 g/mol. The summed E-state index contributed by atoms with van der Waals surface area (Å²) in [5.41, 5.74) is 3.44. The number of nitrogens with one attached hydrogen (secondary N) is 1. The zero-order valence-corrected chi connectivity index (χ0v) is 23.3. The Morgan fingerprint density at radius 3 is 2.58 bits per heavy atom. The van der Waals surface area contributed by atoms with Crippen molar-refractivity contribution < 1.29 is 19.1 Å². The van der Waals surface area contributed by atoms with Crippen LogP contribution in [0.5, 0.6) is 11.5 Å². The summed E-state index contributed by atoms with van der Waals surface area (Å²) >= 11 is 3.18. The van der Waals surface area contributed by atoms with Gasteiger partial charge in [0.05, 0.1) is 32.0 Å². The van der Waals surface area contributed by atoms with E-state index in [0.29, 0.717) is 24.6 Å². The summed E-state index contributed by atoms with van der Waals surface area (Å²) < 4.78 is 11.8. The molecule has 2 fully saturated rings. The molecule has 0 spiro atoms. The van der Waals surface area contributed by atoms with E-state index in [2.05, 4.69) is 10.2 Å². The van der Waals surface area contributed by atoms with E-state index in [1.807, 2.05) is 54.2 Å². The van der Waals surface area contributed by atoms with Crippen molar-refractivity contribution in [2.45, 2.75) is 38.3 Å². The van der Waals surface area contributed by atoms with Gasteiger partial charge in [0.15, 0.2) is 11.5 Å². The Bertz CT molecular complexity index is 1160. The first kappa shape index (κ1) is 26.9. The molecule has 2 aromatic rings. The molecule has 10 heteroatoms. The highest BCUT2D eigenvalue weighted by Crippen LogP contribution is 2.33. The van der Waals surface area contributed by atoms with Gasteiger partial charge in [-0.05, 0) is 61.6 Å². The lowest BCUT2D eigenvalue weighted by Crippen LogP contribution is -2.38. The molecular weight excluding hydrogens is 520 g/mol. The van der Waals surface area contributed by atoms with Crippen LogP contribution in [-0.4, -0.2) is 76.9 Å². The van der Waals surface area contributed by atoms with Gasteiger partial charge in [-0.2, -0.15) is 16.9 Å². The van der Waals surface area contributed by atoms with Crippen LogP contribution in [0.1, 0.15) is 36.8 Å². The summed E-state index contributed by atoms with van der Waals surface area (Å²) in [7, 11) is 1.65. The lowest BCUT2D eigenvalue weighted by molar-refractivity contribution is -0.117. The van der Waals surface area contributed by atoms with Gasteiger partial charge in [-0.1, -0.05) is 23.9 Å². The van der Waals surface area contributed by atoms with E-state index in [-0.39, 0.29) is 17.3 Å². The number of carbonyl (C=O) groups is 2. The highest BCUT2D eigenvalue weighted by molar-refractivity contribution is 8.14. The van der Waals surface area contributed by atoms with E-state index < -0.39 is 0 Å². The van der Waals surface area contributed by atoms with Crippen molar-refractivity contribution in [3.8, 4) is 11.5 Å². The molecule has 0 atom stereocenters. The number of nitrogens with zero attached hydrogens (tertiary/aromatic N) is 3. The van der Waals surface area contributed by atoms with E-state index in [4.69, 9.17) is 14.6 Å². The Morgan fingerprint density at radius 2 is 1.84 bits per heavy atom. The van der Waals surface area contributed by atoms with Crippen LogP contribution in [0, 0.1) is 0 Å². The number of rotatable bonds is 9. The molecule has 2 amide bonds. The quantitative estimate of drug-likeness (QED) is 0.463. The average molecular weight is 555 g/mol. The molecule has 2 aliphatic heterocycles. The minimum absolute atomic E-state index is 0.00253. The normalized spacial score (nSPS) is 18.8. The largest absolute Gasteiger partial charge is 0.493 e. The number of hydrogen-bond donors (Lipinski definition) is 1. The molecule has 0 radical (unpaired) electrons. The predicted molar refractivity (Wildman–Crippen MR) is 155 cm³/mol. The number of carbonyl (C=O) groups excluding carboxylic acids is 2. The first-order valence-electron chi connectivity index (χ1n) is 13.1. The van der Waals surface area contributed by atoms with Crippen molar-refractivity contribution in [3.05, 3.63) is 53.6 Å². The maximum Gasteiger partial charge on any atom is 0.302 e. The van der Waals surface area contributed by atoms with E-state index in [9.17, 15) is 9.59 Å². The van der Waals surface area contributed by atoms with Crippen LogP contribution < -0.4 is 14.8 Å². The number of methoxy groups -OCH3 is 1. The summed E-state index contributed by atoms with van der Waals surface area (Å²) in [6, 6.07) is 13.5. The molecule has 38 heavy (non-hydrogen) atoms. The second-order valence-corrected chi connectivity index (χ2v) is 11.8. The molecule has 1 N–H and O–H groups in total. The van der Waals surface area contributed by atoms with Crippen LogP contribution in [0.4, 0.5) is 10.5 Å². The van der Waals surface area contributed by atoms with Crippen molar-refractivity contribution in [3.63, 3.8) is 0 Å². The SMILES string of the molecule is COc1ccc(C2=NN(Cc3ccc(NC(=O)CN4CCSCC4)cc3)C(=O)SC2)cc1OC1CCCC1. The molecule has 3 aliphatic rings. The van der Waals surface area contributed by atoms with Gasteiger partial charge in [-0.25, -0.2) is 5.01 Å². The third-order valence-electron chi connectivity index (χ3n) is 6.92. The lowest BCUT2D eigenvalue weighted by atomic mass is 10.1. The molecule has 1 saturated heterocycles. The van der Waals surface area contributed by atoms with E-state index in [1.54, 1.807) is 7.11 Å². The van der Waals surface area contributed by atoms with Gasteiger partial charge in [0.25, 0.3) is 0 Å². The topological polar surface area (TPSA) is 83.5 Å². The molecule has 8 nitrogen and oxygen atoms in total. The Hall–Kier alpha value is -2.69. The number of anilines is 1. The Kier molecular flexibility index (Phi) is 9.14. The zero-order valence-electron chi connectivity index (χ0n) is 21.7. The van der Waals surface area contributed by atoms with Crippen molar-refractivity contribution in [2.24, 2.45) is 5.10 Å². The van der Waals surface area contributed by atoms with Crippen LogP contribution in [0.2, 0.25) is 0 Å². The number of ether oxygens (including phenoxy) is 2. The summed E-state index contributed by atoms with van der Waals surface area (Å²) in [6.45, 7) is 2.67. The molecule has 2 heterocycles. The number of hydrogen-bond acceptors (Lipinski definition) is 8. The third kappa shape index (κ3) is 7.03. The van der Waals surface area contributed by atoms with Crippen LogP contribution in [0.15, 0.2) is 47.6 Å². The van der Waals surface area contributed by atoms with Crippen molar-refractivity contribution in [1.82, 2.24) is 9.91 Å². The van der Waals surface area contributed by atoms with Gasteiger partial charge >= 0.3 is 5.24 Å². The molecule has 2 aromatic carbocycles. The molecule has 0 bridgehead atoms. The third-order valence-corrected chi connectivity index (χ3v) is 8.74. The summed E-state index contributed by atoms with van der Waals surface area (Å²) in [4.78, 5) is 27.2. The van der Waals surface area contributed by atoms with Gasteiger partial charge in [-0.15, -0.1) is 0 Å². The summed E-state index contributed by atoms with van der Waals surface area (Å²) in [5, 5.41) is 9.10. The molecule has 202 valence electrons. The number of benzene rings is 2. The molecular formula is C28H34N4O4S2. The second kappa shape index (κ2) is 12.9. The number of hydrazone groups is 1. The number of amides is 2. The molecule has 1 aliphatic carbocycles. The minimum atomic E-state index is -0.0817. The molecule has 0 aromatic heterocycles. The fourth-order valence-electron chi connectivity index (χ4n) is 4.82. The summed E-state index contributed by atoms with van der Waals surface area (Å²) in [5.74, 6) is 4.09. The zero-order chi connectivity index (χ0) is 26.3. The highest BCUT2D eigenvalue weighted by Gasteiger charge is 2.24. The Morgan fingerprint density at radius 1 is 1.08 bits per heavy atom. The van der Waals surface area contributed by atoms with E-state index >= 15 is 0 Å². The molecule has 1 saturated carbocycles. The fraction of sp³-hybridized carbons (Fsp3) is 0.464. The van der Waals surface area contributed by atoms with Gasteiger partial charge in [0.1, 0.15) is 0 Å². The van der Waals surface area contributed by atoms with E-state index in [0.717, 1.165) is 65.7 Å².